The molecule has 0 spiro atoms. The average Bonchev–Trinajstić information content (AvgIpc) is 2.60. The number of hydrogen-bond acceptors (Lipinski definition) is 1. The van der Waals surface area contributed by atoms with Crippen LogP contribution in [0.1, 0.15) is 29.0 Å². The van der Waals surface area contributed by atoms with Crippen LogP contribution in [0.3, 0.4) is 0 Å². The van der Waals surface area contributed by atoms with E-state index < -0.39 is 6.10 Å². The molecule has 0 saturated heterocycles. The summed E-state index contributed by atoms with van der Waals surface area (Å²) in [6.45, 7) is 2.06. The molecule has 1 N–H and O–H groups in total. The van der Waals surface area contributed by atoms with Gasteiger partial charge in [0, 0.05) is 12.3 Å². The van der Waals surface area contributed by atoms with Gasteiger partial charge < -0.3 is 5.11 Å². The Hall–Kier alpha value is -1.52. The number of aliphatic hydroxyl groups excluding tert-OH is 1. The van der Waals surface area contributed by atoms with E-state index in [2.05, 4.69) is 37.1 Å². The van der Waals surface area contributed by atoms with Crippen molar-refractivity contribution in [1.29, 1.82) is 0 Å². The molecule has 0 aromatic heterocycles. The molecule has 0 radical (unpaired) electrons. The highest BCUT2D eigenvalue weighted by atomic mass is 16.3. The smallest absolute Gasteiger partial charge is 0.0752 e. The summed E-state index contributed by atoms with van der Waals surface area (Å²) in [7, 11) is 0. The minimum atomic E-state index is -0.464. The van der Waals surface area contributed by atoms with Crippen LogP contribution in [-0.4, -0.2) is 11.2 Å². The van der Waals surface area contributed by atoms with E-state index in [9.17, 15) is 5.11 Å². The second-order valence-electron chi connectivity index (χ2n) is 3.99. The highest BCUT2D eigenvalue weighted by molar-refractivity contribution is 5.63. The van der Waals surface area contributed by atoms with Gasteiger partial charge in [-0.3, -0.25) is 0 Å². The Kier molecular flexibility index (Phi) is 2.62. The Bertz CT molecular complexity index is 437. The molecule has 2 rings (SSSR count). The summed E-state index contributed by atoms with van der Waals surface area (Å²) in [4.78, 5) is 0. The minimum Gasteiger partial charge on any atom is -0.391 e. The minimum absolute atomic E-state index is 0.0657. The summed E-state index contributed by atoms with van der Waals surface area (Å²) >= 11 is 0. The highest BCUT2D eigenvalue weighted by Gasteiger charge is 2.23. The van der Waals surface area contributed by atoms with Crippen molar-refractivity contribution in [3.63, 3.8) is 0 Å². The summed E-state index contributed by atoms with van der Waals surface area (Å²) in [6, 6.07) is 6.29. The van der Waals surface area contributed by atoms with Gasteiger partial charge >= 0.3 is 0 Å². The molecule has 0 heterocycles. The van der Waals surface area contributed by atoms with Crippen LogP contribution in [0.25, 0.3) is 6.08 Å². The number of fused-ring (bicyclic) bond motifs is 1. The maximum atomic E-state index is 9.89. The molecular weight excluding hydrogens is 184 g/mol. The van der Waals surface area contributed by atoms with Crippen molar-refractivity contribution in [1.82, 2.24) is 0 Å². The summed E-state index contributed by atoms with van der Waals surface area (Å²) in [6.07, 6.45) is 9.24. The number of hydrogen-bond donors (Lipinski definition) is 1. The number of aryl methyl sites for hydroxylation is 1. The van der Waals surface area contributed by atoms with E-state index in [1.165, 1.54) is 16.7 Å². The van der Waals surface area contributed by atoms with Crippen LogP contribution in [-0.2, 0) is 0 Å². The third-order valence-corrected chi connectivity index (χ3v) is 2.83. The fraction of sp³-hybridized carbons (Fsp3) is 0.286. The number of terminal acetylenes is 1. The molecule has 0 aliphatic heterocycles. The number of benzene rings is 1. The Labute approximate surface area is 90.4 Å². The highest BCUT2D eigenvalue weighted by Crippen LogP contribution is 2.33. The van der Waals surface area contributed by atoms with Crippen molar-refractivity contribution in [2.45, 2.75) is 25.4 Å². The van der Waals surface area contributed by atoms with Crippen LogP contribution in [0.2, 0.25) is 0 Å². The second kappa shape index (κ2) is 3.92. The largest absolute Gasteiger partial charge is 0.391 e. The molecule has 1 aliphatic carbocycles. The topological polar surface area (TPSA) is 20.2 Å². The van der Waals surface area contributed by atoms with Crippen molar-refractivity contribution >= 4 is 6.08 Å². The maximum absolute atomic E-state index is 9.89. The van der Waals surface area contributed by atoms with Gasteiger partial charge in [-0.1, -0.05) is 35.9 Å². The molecule has 1 aromatic carbocycles. The number of rotatable bonds is 2. The summed E-state index contributed by atoms with van der Waals surface area (Å²) in [5, 5.41) is 9.89. The first-order valence-electron chi connectivity index (χ1n) is 5.12. The number of aliphatic hydroxyl groups is 1. The van der Waals surface area contributed by atoms with Gasteiger partial charge in [0.2, 0.25) is 0 Å². The van der Waals surface area contributed by atoms with E-state index in [1.54, 1.807) is 0 Å². The van der Waals surface area contributed by atoms with Crippen LogP contribution < -0.4 is 0 Å². The molecular formula is C14H14O. The molecule has 0 amide bonds. The van der Waals surface area contributed by atoms with Crippen LogP contribution >= 0.6 is 0 Å². The molecule has 2 unspecified atom stereocenters. The predicted octanol–water partition coefficient (Wildman–Crippen LogP) is 2.49. The Morgan fingerprint density at radius 3 is 3.07 bits per heavy atom. The first-order valence-corrected chi connectivity index (χ1v) is 5.12. The molecule has 1 aromatic rings. The lowest BCUT2D eigenvalue weighted by atomic mass is 9.92. The molecule has 15 heavy (non-hydrogen) atoms. The fourth-order valence-corrected chi connectivity index (χ4v) is 2.03. The lowest BCUT2D eigenvalue weighted by molar-refractivity contribution is 0.165. The van der Waals surface area contributed by atoms with Crippen LogP contribution in [0.4, 0.5) is 0 Å². The van der Waals surface area contributed by atoms with E-state index in [0.29, 0.717) is 6.42 Å². The van der Waals surface area contributed by atoms with Gasteiger partial charge in [-0.25, -0.2) is 0 Å². The quantitative estimate of drug-likeness (QED) is 0.724. The second-order valence-corrected chi connectivity index (χ2v) is 3.99. The summed E-state index contributed by atoms with van der Waals surface area (Å²) < 4.78 is 0. The molecule has 1 heteroatoms. The maximum Gasteiger partial charge on any atom is 0.0752 e. The van der Waals surface area contributed by atoms with Gasteiger partial charge in [-0.2, -0.15) is 0 Å². The van der Waals surface area contributed by atoms with Gasteiger partial charge in [0.1, 0.15) is 0 Å². The van der Waals surface area contributed by atoms with Gasteiger partial charge in [-0.15, -0.1) is 12.3 Å². The standard InChI is InChI=1S/C14H14O/c1-3-4-14(15)12-8-7-11-6-5-10(2)9-13(11)12/h1,5-9,12,14-15H,4H2,2H3. The third-order valence-electron chi connectivity index (χ3n) is 2.83. The molecule has 76 valence electrons. The van der Waals surface area contributed by atoms with Crippen molar-refractivity contribution in [2.24, 2.45) is 0 Å². The van der Waals surface area contributed by atoms with Crippen molar-refractivity contribution < 1.29 is 5.11 Å². The SMILES string of the molecule is C#CCC(O)C1C=Cc2ccc(C)cc21. The zero-order chi connectivity index (χ0) is 10.8. The van der Waals surface area contributed by atoms with Crippen molar-refractivity contribution in [3.05, 3.63) is 41.0 Å². The zero-order valence-corrected chi connectivity index (χ0v) is 8.77. The molecule has 0 bridgehead atoms. The monoisotopic (exact) mass is 198 g/mol. The lowest BCUT2D eigenvalue weighted by Crippen LogP contribution is -2.14. The van der Waals surface area contributed by atoms with Crippen molar-refractivity contribution in [2.75, 3.05) is 0 Å². The molecule has 1 nitrogen and oxygen atoms in total. The van der Waals surface area contributed by atoms with Gasteiger partial charge in [0.05, 0.1) is 6.10 Å². The molecule has 0 saturated carbocycles. The van der Waals surface area contributed by atoms with Gasteiger partial charge in [0.25, 0.3) is 0 Å². The van der Waals surface area contributed by atoms with E-state index >= 15 is 0 Å². The lowest BCUT2D eigenvalue weighted by Gasteiger charge is -2.16. The summed E-state index contributed by atoms with van der Waals surface area (Å²) in [5.74, 6) is 2.57. The molecule has 1 aliphatic rings. The Balaban J connectivity index is 2.31. The fourth-order valence-electron chi connectivity index (χ4n) is 2.03. The van der Waals surface area contributed by atoms with E-state index in [-0.39, 0.29) is 5.92 Å². The summed E-state index contributed by atoms with van der Waals surface area (Å²) in [5.41, 5.74) is 3.61. The first-order chi connectivity index (χ1) is 7.22. The molecule has 0 fully saturated rings. The van der Waals surface area contributed by atoms with Gasteiger partial charge in [0.15, 0.2) is 0 Å². The average molecular weight is 198 g/mol. The van der Waals surface area contributed by atoms with Crippen molar-refractivity contribution in [3.8, 4) is 12.3 Å². The normalized spacial score (nSPS) is 19.7. The van der Waals surface area contributed by atoms with Crippen LogP contribution in [0, 0.1) is 19.3 Å². The van der Waals surface area contributed by atoms with E-state index in [1.807, 2.05) is 6.08 Å². The molecule has 2 atom stereocenters. The van der Waals surface area contributed by atoms with E-state index in [0.717, 1.165) is 0 Å². The van der Waals surface area contributed by atoms with E-state index in [4.69, 9.17) is 6.42 Å². The van der Waals surface area contributed by atoms with Gasteiger partial charge in [-0.05, 0) is 18.1 Å². The zero-order valence-electron chi connectivity index (χ0n) is 8.77. The third kappa shape index (κ3) is 1.82. The predicted molar refractivity (Wildman–Crippen MR) is 62.4 cm³/mol. The van der Waals surface area contributed by atoms with Crippen LogP contribution in [0.5, 0.6) is 0 Å². The van der Waals surface area contributed by atoms with Crippen LogP contribution in [0.15, 0.2) is 24.3 Å². The first kappa shape index (κ1) is 10.0. The Morgan fingerprint density at radius 1 is 1.53 bits per heavy atom. The Morgan fingerprint density at radius 2 is 2.33 bits per heavy atom.